The van der Waals surface area contributed by atoms with Crippen LogP contribution in [0.5, 0.6) is 5.75 Å². The number of halogens is 2. The van der Waals surface area contributed by atoms with Gasteiger partial charge in [-0.3, -0.25) is 0 Å². The van der Waals surface area contributed by atoms with Crippen LogP contribution in [0.25, 0.3) is 0 Å². The van der Waals surface area contributed by atoms with Crippen molar-refractivity contribution < 1.29 is 9.13 Å². The molecule has 0 radical (unpaired) electrons. The predicted octanol–water partition coefficient (Wildman–Crippen LogP) is 4.42. The molecule has 2 N–H and O–H groups in total. The van der Waals surface area contributed by atoms with Crippen molar-refractivity contribution in [1.82, 2.24) is 0 Å². The Morgan fingerprint density at radius 2 is 1.80 bits per heavy atom. The van der Waals surface area contributed by atoms with E-state index < -0.39 is 0 Å². The molecule has 0 saturated carbocycles. The van der Waals surface area contributed by atoms with Gasteiger partial charge >= 0.3 is 0 Å². The predicted molar refractivity (Wildman–Crippen MR) is 82.3 cm³/mol. The van der Waals surface area contributed by atoms with E-state index in [0.717, 1.165) is 16.9 Å². The summed E-state index contributed by atoms with van der Waals surface area (Å²) in [6.07, 6.45) is 0.112. The number of ether oxygens (including phenoxy) is 1. The Bertz CT molecular complexity index is 601. The first-order chi connectivity index (χ1) is 9.47. The molecule has 0 saturated heterocycles. The van der Waals surface area contributed by atoms with Crippen molar-refractivity contribution in [2.24, 2.45) is 5.73 Å². The lowest BCUT2D eigenvalue weighted by Gasteiger charge is -2.16. The molecule has 0 amide bonds. The summed E-state index contributed by atoms with van der Waals surface area (Å²) < 4.78 is 19.3. The Morgan fingerprint density at radius 3 is 2.45 bits per heavy atom. The monoisotopic (exact) mass is 337 g/mol. The highest BCUT2D eigenvalue weighted by molar-refractivity contribution is 9.10. The molecule has 0 bridgehead atoms. The molecule has 20 heavy (non-hydrogen) atoms. The second kappa shape index (κ2) is 6.37. The van der Waals surface area contributed by atoms with Gasteiger partial charge in [-0.15, -0.1) is 0 Å². The summed E-state index contributed by atoms with van der Waals surface area (Å²) >= 11 is 3.18. The van der Waals surface area contributed by atoms with Crippen LogP contribution in [0.15, 0.2) is 46.9 Å². The van der Waals surface area contributed by atoms with E-state index >= 15 is 0 Å². The maximum Gasteiger partial charge on any atom is 0.137 e. The minimum Gasteiger partial charge on any atom is -0.491 e. The molecule has 0 fully saturated rings. The summed E-state index contributed by atoms with van der Waals surface area (Å²) in [4.78, 5) is 0. The van der Waals surface area contributed by atoms with E-state index in [1.54, 1.807) is 12.1 Å². The summed E-state index contributed by atoms with van der Waals surface area (Å²) in [5.74, 6) is 0.493. The number of hydrogen-bond acceptors (Lipinski definition) is 2. The molecule has 106 valence electrons. The number of benzene rings is 2. The lowest BCUT2D eigenvalue weighted by Crippen LogP contribution is -2.13. The molecule has 2 rings (SSSR count). The molecule has 0 aromatic heterocycles. The maximum absolute atomic E-state index is 13.3. The largest absolute Gasteiger partial charge is 0.491 e. The fourth-order valence-electron chi connectivity index (χ4n) is 1.95. The lowest BCUT2D eigenvalue weighted by molar-refractivity contribution is 0.242. The zero-order valence-corrected chi connectivity index (χ0v) is 13.0. The molecular weight excluding hydrogens is 321 g/mol. The Morgan fingerprint density at radius 1 is 1.10 bits per heavy atom. The fraction of sp³-hybridized carbons (Fsp3) is 0.250. The van der Waals surface area contributed by atoms with Crippen LogP contribution < -0.4 is 10.5 Å². The molecule has 4 heteroatoms. The average molecular weight is 338 g/mol. The van der Waals surface area contributed by atoms with Gasteiger partial charge in [-0.1, -0.05) is 18.2 Å². The van der Waals surface area contributed by atoms with Crippen LogP contribution in [0.1, 0.15) is 31.0 Å². The molecule has 0 aliphatic carbocycles. The standard InChI is InChI=1S/C16H17BrFNO/c1-10(2)20-13-5-3-4-11(8-13)16(19)12-6-7-15(18)14(17)9-12/h3-10,16H,19H2,1-2H3. The van der Waals surface area contributed by atoms with Gasteiger partial charge in [0.1, 0.15) is 11.6 Å². The Balaban J connectivity index is 2.28. The molecule has 0 spiro atoms. The van der Waals surface area contributed by atoms with Crippen LogP contribution in [0.4, 0.5) is 4.39 Å². The van der Waals surface area contributed by atoms with Crippen molar-refractivity contribution in [3.63, 3.8) is 0 Å². The van der Waals surface area contributed by atoms with Gasteiger partial charge in [-0.25, -0.2) is 4.39 Å². The summed E-state index contributed by atoms with van der Waals surface area (Å²) in [5.41, 5.74) is 8.02. The van der Waals surface area contributed by atoms with Gasteiger partial charge in [0.2, 0.25) is 0 Å². The van der Waals surface area contributed by atoms with Gasteiger partial charge in [0.25, 0.3) is 0 Å². The Hall–Kier alpha value is -1.39. The minimum absolute atomic E-state index is 0.112. The van der Waals surface area contributed by atoms with Crippen LogP contribution in [0.3, 0.4) is 0 Å². The van der Waals surface area contributed by atoms with Gasteiger partial charge in [-0.2, -0.15) is 0 Å². The van der Waals surface area contributed by atoms with Crippen molar-refractivity contribution in [2.75, 3.05) is 0 Å². The third-order valence-corrected chi connectivity index (χ3v) is 3.50. The molecule has 0 heterocycles. The summed E-state index contributed by atoms with van der Waals surface area (Å²) in [7, 11) is 0. The zero-order chi connectivity index (χ0) is 14.7. The van der Waals surface area contributed by atoms with Crippen molar-refractivity contribution in [2.45, 2.75) is 26.0 Å². The summed E-state index contributed by atoms with van der Waals surface area (Å²) in [5, 5.41) is 0. The Labute approximate surface area is 126 Å². The number of hydrogen-bond donors (Lipinski definition) is 1. The van der Waals surface area contributed by atoms with E-state index in [1.165, 1.54) is 6.07 Å². The highest BCUT2D eigenvalue weighted by Gasteiger charge is 2.12. The molecule has 2 aromatic rings. The third kappa shape index (κ3) is 3.58. The van der Waals surface area contributed by atoms with Gasteiger partial charge in [0.15, 0.2) is 0 Å². The minimum atomic E-state index is -0.317. The third-order valence-electron chi connectivity index (χ3n) is 2.89. The van der Waals surface area contributed by atoms with Crippen LogP contribution in [-0.4, -0.2) is 6.10 Å². The van der Waals surface area contributed by atoms with Crippen LogP contribution in [0, 0.1) is 5.82 Å². The normalized spacial score (nSPS) is 12.5. The highest BCUT2D eigenvalue weighted by Crippen LogP contribution is 2.26. The van der Waals surface area contributed by atoms with E-state index in [2.05, 4.69) is 15.9 Å². The first-order valence-corrected chi connectivity index (χ1v) is 7.24. The van der Waals surface area contributed by atoms with Gasteiger partial charge < -0.3 is 10.5 Å². The highest BCUT2D eigenvalue weighted by atomic mass is 79.9. The van der Waals surface area contributed by atoms with Crippen molar-refractivity contribution in [3.8, 4) is 5.75 Å². The van der Waals surface area contributed by atoms with Gasteiger partial charge in [-0.05, 0) is 65.2 Å². The van der Waals surface area contributed by atoms with Gasteiger partial charge in [0.05, 0.1) is 16.6 Å². The van der Waals surface area contributed by atoms with Crippen molar-refractivity contribution in [1.29, 1.82) is 0 Å². The van der Waals surface area contributed by atoms with E-state index in [-0.39, 0.29) is 18.0 Å². The van der Waals surface area contributed by atoms with E-state index in [4.69, 9.17) is 10.5 Å². The number of nitrogens with two attached hydrogens (primary N) is 1. The molecule has 0 aliphatic rings. The SMILES string of the molecule is CC(C)Oc1cccc(C(N)c2ccc(F)c(Br)c2)c1. The fourth-order valence-corrected chi connectivity index (χ4v) is 2.35. The average Bonchev–Trinajstić information content (AvgIpc) is 2.40. The Kier molecular flexibility index (Phi) is 4.78. The number of rotatable bonds is 4. The molecule has 2 aromatic carbocycles. The molecular formula is C16H17BrFNO. The van der Waals surface area contributed by atoms with Crippen LogP contribution in [-0.2, 0) is 0 Å². The first-order valence-electron chi connectivity index (χ1n) is 6.44. The molecule has 1 atom stereocenters. The molecule has 2 nitrogen and oxygen atoms in total. The van der Waals surface area contributed by atoms with Crippen molar-refractivity contribution >= 4 is 15.9 Å². The molecule has 1 unspecified atom stereocenters. The topological polar surface area (TPSA) is 35.2 Å². The smallest absolute Gasteiger partial charge is 0.137 e. The lowest BCUT2D eigenvalue weighted by atomic mass is 9.99. The van der Waals surface area contributed by atoms with E-state index in [9.17, 15) is 4.39 Å². The molecule has 0 aliphatic heterocycles. The second-order valence-corrected chi connectivity index (χ2v) is 5.74. The van der Waals surface area contributed by atoms with Gasteiger partial charge in [0, 0.05) is 0 Å². The van der Waals surface area contributed by atoms with E-state index in [1.807, 2.05) is 38.1 Å². The zero-order valence-electron chi connectivity index (χ0n) is 11.4. The quantitative estimate of drug-likeness (QED) is 0.895. The van der Waals surface area contributed by atoms with Crippen molar-refractivity contribution in [3.05, 3.63) is 63.9 Å². The van der Waals surface area contributed by atoms with Crippen LogP contribution >= 0.6 is 15.9 Å². The van der Waals surface area contributed by atoms with E-state index in [0.29, 0.717) is 4.47 Å². The first kappa shape index (κ1) is 15.0. The summed E-state index contributed by atoms with van der Waals surface area (Å²) in [6, 6.07) is 12.2. The van der Waals surface area contributed by atoms with Crippen LogP contribution in [0.2, 0.25) is 0 Å². The summed E-state index contributed by atoms with van der Waals surface area (Å²) in [6.45, 7) is 3.95. The second-order valence-electron chi connectivity index (χ2n) is 4.89. The maximum atomic E-state index is 13.3.